The minimum absolute atomic E-state index is 0. The van der Waals surface area contributed by atoms with Gasteiger partial charge in [-0.15, -0.1) is 17.5 Å². The molecule has 24 heavy (non-hydrogen) atoms. The normalized spacial score (nSPS) is 10.5. The molecule has 2 heterocycles. The van der Waals surface area contributed by atoms with Crippen LogP contribution in [0.5, 0.6) is 0 Å². The first kappa shape index (κ1) is 17.6. The number of nitrogens with zero attached hydrogens (tertiary/aromatic N) is 4. The molecule has 3 rings (SSSR count). The predicted octanol–water partition coefficient (Wildman–Crippen LogP) is 0.0900. The maximum atomic E-state index is 12.1. The van der Waals surface area contributed by atoms with E-state index in [9.17, 15) is 9.59 Å². The van der Waals surface area contributed by atoms with E-state index in [0.717, 1.165) is 0 Å². The van der Waals surface area contributed by atoms with E-state index in [1.165, 1.54) is 24.5 Å². The standard InChI is InChI=1S/C14H14N6O3.ClH/c15-14(22)9-1-2-13-11(5-9)12(21)6-10(23-13)7-16-3-4-20-8-17-18-19-20;/h1-2,5-6,8,16H,3-4,7H2,(H2,15,22);1H. The lowest BCUT2D eigenvalue weighted by Gasteiger charge is -2.06. The molecule has 0 radical (unpaired) electrons. The number of tetrazole rings is 1. The summed E-state index contributed by atoms with van der Waals surface area (Å²) in [6.45, 7) is 1.62. The molecule has 3 aromatic rings. The number of nitrogens with one attached hydrogen (secondary N) is 1. The average molecular weight is 351 g/mol. The number of benzene rings is 1. The molecule has 10 heteroatoms. The van der Waals surface area contributed by atoms with Crippen molar-refractivity contribution in [2.24, 2.45) is 5.73 Å². The Balaban J connectivity index is 0.00000208. The number of rotatable bonds is 6. The maximum absolute atomic E-state index is 12.1. The van der Waals surface area contributed by atoms with E-state index in [2.05, 4.69) is 20.8 Å². The lowest BCUT2D eigenvalue weighted by Crippen LogP contribution is -2.20. The Morgan fingerprint density at radius 2 is 2.17 bits per heavy atom. The van der Waals surface area contributed by atoms with Crippen LogP contribution in [0.3, 0.4) is 0 Å². The third-order valence-corrected chi connectivity index (χ3v) is 3.27. The highest BCUT2D eigenvalue weighted by Gasteiger charge is 2.08. The molecule has 1 aromatic carbocycles. The van der Waals surface area contributed by atoms with Crippen LogP contribution >= 0.6 is 12.4 Å². The van der Waals surface area contributed by atoms with Gasteiger partial charge in [-0.05, 0) is 28.6 Å². The van der Waals surface area contributed by atoms with Gasteiger partial charge in [0, 0.05) is 18.2 Å². The third kappa shape index (κ3) is 3.94. The number of amides is 1. The largest absolute Gasteiger partial charge is 0.459 e. The number of carbonyl (C=O) groups excluding carboxylic acids is 1. The zero-order chi connectivity index (χ0) is 16.2. The summed E-state index contributed by atoms with van der Waals surface area (Å²) in [7, 11) is 0. The fourth-order valence-electron chi connectivity index (χ4n) is 2.13. The number of nitrogens with two attached hydrogens (primary N) is 1. The van der Waals surface area contributed by atoms with Crippen molar-refractivity contribution >= 4 is 29.3 Å². The summed E-state index contributed by atoms with van der Waals surface area (Å²) in [5.41, 5.74) is 5.68. The first-order valence-corrected chi connectivity index (χ1v) is 6.91. The molecule has 9 nitrogen and oxygen atoms in total. The molecule has 0 bridgehead atoms. The minimum Gasteiger partial charge on any atom is -0.459 e. The van der Waals surface area contributed by atoms with Gasteiger partial charge in [0.15, 0.2) is 5.43 Å². The van der Waals surface area contributed by atoms with Crippen LogP contribution in [0.1, 0.15) is 16.1 Å². The van der Waals surface area contributed by atoms with Crippen LogP contribution < -0.4 is 16.5 Å². The molecule has 0 unspecified atom stereocenters. The molecule has 0 saturated carbocycles. The van der Waals surface area contributed by atoms with Crippen molar-refractivity contribution in [3.63, 3.8) is 0 Å². The summed E-state index contributed by atoms with van der Waals surface area (Å²) in [6, 6.07) is 5.94. The molecule has 0 spiro atoms. The van der Waals surface area contributed by atoms with Gasteiger partial charge in [0.2, 0.25) is 5.91 Å². The van der Waals surface area contributed by atoms with E-state index in [-0.39, 0.29) is 23.4 Å². The highest BCUT2D eigenvalue weighted by atomic mass is 35.5. The van der Waals surface area contributed by atoms with E-state index in [1.54, 1.807) is 10.7 Å². The van der Waals surface area contributed by atoms with Crippen LogP contribution in [0.25, 0.3) is 11.0 Å². The van der Waals surface area contributed by atoms with Crippen molar-refractivity contribution in [2.45, 2.75) is 13.1 Å². The van der Waals surface area contributed by atoms with E-state index < -0.39 is 5.91 Å². The number of carbonyl (C=O) groups is 1. The Bertz CT molecular complexity index is 893. The lowest BCUT2D eigenvalue weighted by molar-refractivity contribution is 0.100. The predicted molar refractivity (Wildman–Crippen MR) is 87.8 cm³/mol. The van der Waals surface area contributed by atoms with Crippen molar-refractivity contribution in [3.05, 3.63) is 52.1 Å². The van der Waals surface area contributed by atoms with Crippen LogP contribution in [0.2, 0.25) is 0 Å². The Morgan fingerprint density at radius 3 is 2.88 bits per heavy atom. The van der Waals surface area contributed by atoms with Crippen molar-refractivity contribution in [2.75, 3.05) is 6.54 Å². The number of fused-ring (bicyclic) bond motifs is 1. The second-order valence-corrected chi connectivity index (χ2v) is 4.90. The average Bonchev–Trinajstić information content (AvgIpc) is 3.04. The third-order valence-electron chi connectivity index (χ3n) is 3.27. The molecule has 0 aliphatic rings. The van der Waals surface area contributed by atoms with Gasteiger partial charge < -0.3 is 15.5 Å². The van der Waals surface area contributed by atoms with Crippen LogP contribution in [0, 0.1) is 0 Å². The molecular weight excluding hydrogens is 336 g/mol. The number of primary amides is 1. The van der Waals surface area contributed by atoms with E-state index in [0.29, 0.717) is 36.4 Å². The Hall–Kier alpha value is -2.78. The molecular formula is C14H15ClN6O3. The fraction of sp³-hybridized carbons (Fsp3) is 0.214. The second-order valence-electron chi connectivity index (χ2n) is 4.90. The molecule has 2 aromatic heterocycles. The topological polar surface area (TPSA) is 129 Å². The van der Waals surface area contributed by atoms with Gasteiger partial charge in [-0.1, -0.05) is 0 Å². The second kappa shape index (κ2) is 7.66. The molecule has 3 N–H and O–H groups in total. The number of hydrogen-bond acceptors (Lipinski definition) is 7. The highest BCUT2D eigenvalue weighted by Crippen LogP contribution is 2.14. The summed E-state index contributed by atoms with van der Waals surface area (Å²) in [6.07, 6.45) is 1.52. The molecule has 1 amide bonds. The summed E-state index contributed by atoms with van der Waals surface area (Å²) in [4.78, 5) is 23.3. The van der Waals surface area contributed by atoms with Crippen LogP contribution in [0.4, 0.5) is 0 Å². The molecule has 0 fully saturated rings. The van der Waals surface area contributed by atoms with Crippen LogP contribution in [-0.2, 0) is 13.1 Å². The van der Waals surface area contributed by atoms with Crippen molar-refractivity contribution in [1.29, 1.82) is 0 Å². The van der Waals surface area contributed by atoms with Crippen LogP contribution in [0.15, 0.2) is 39.8 Å². The monoisotopic (exact) mass is 350 g/mol. The van der Waals surface area contributed by atoms with Gasteiger partial charge in [-0.2, -0.15) is 0 Å². The van der Waals surface area contributed by atoms with Gasteiger partial charge >= 0.3 is 0 Å². The van der Waals surface area contributed by atoms with Crippen molar-refractivity contribution in [1.82, 2.24) is 25.5 Å². The highest BCUT2D eigenvalue weighted by molar-refractivity contribution is 5.96. The molecule has 0 aliphatic heterocycles. The van der Waals surface area contributed by atoms with E-state index in [1.807, 2.05) is 0 Å². The zero-order valence-electron chi connectivity index (χ0n) is 12.5. The van der Waals surface area contributed by atoms with Gasteiger partial charge in [0.1, 0.15) is 17.7 Å². The van der Waals surface area contributed by atoms with Gasteiger partial charge in [-0.3, -0.25) is 9.59 Å². The van der Waals surface area contributed by atoms with Crippen molar-refractivity contribution < 1.29 is 9.21 Å². The quantitative estimate of drug-likeness (QED) is 0.602. The summed E-state index contributed by atoms with van der Waals surface area (Å²) in [5.74, 6) is -0.0781. The molecule has 126 valence electrons. The first-order valence-electron chi connectivity index (χ1n) is 6.91. The fourth-order valence-corrected chi connectivity index (χ4v) is 2.13. The SMILES string of the molecule is Cl.NC(=O)c1ccc2oc(CNCCn3cnnn3)cc(=O)c2c1. The summed E-state index contributed by atoms with van der Waals surface area (Å²) >= 11 is 0. The molecule has 0 atom stereocenters. The van der Waals surface area contributed by atoms with Gasteiger partial charge in [0.05, 0.1) is 18.5 Å². The summed E-state index contributed by atoms with van der Waals surface area (Å²) in [5, 5.41) is 14.3. The lowest BCUT2D eigenvalue weighted by atomic mass is 10.1. The Morgan fingerprint density at radius 1 is 1.33 bits per heavy atom. The van der Waals surface area contributed by atoms with Crippen LogP contribution in [-0.4, -0.2) is 32.7 Å². The number of aromatic nitrogens is 4. The van der Waals surface area contributed by atoms with Crippen molar-refractivity contribution in [3.8, 4) is 0 Å². The van der Waals surface area contributed by atoms with E-state index >= 15 is 0 Å². The van der Waals surface area contributed by atoms with E-state index in [4.69, 9.17) is 10.2 Å². The Kier molecular flexibility index (Phi) is 5.61. The maximum Gasteiger partial charge on any atom is 0.248 e. The van der Waals surface area contributed by atoms with Gasteiger partial charge in [0.25, 0.3) is 0 Å². The smallest absolute Gasteiger partial charge is 0.248 e. The molecule has 0 aliphatic carbocycles. The first-order chi connectivity index (χ1) is 11.1. The zero-order valence-corrected chi connectivity index (χ0v) is 13.3. The number of halogens is 1. The molecule has 0 saturated heterocycles. The number of hydrogen-bond donors (Lipinski definition) is 2. The van der Waals surface area contributed by atoms with Gasteiger partial charge in [-0.25, -0.2) is 4.68 Å². The summed E-state index contributed by atoms with van der Waals surface area (Å²) < 4.78 is 7.25. The Labute approximate surface area is 142 Å². The minimum atomic E-state index is -0.584.